The van der Waals surface area contributed by atoms with Crippen LogP contribution in [-0.2, 0) is 0 Å². The third kappa shape index (κ3) is 3.23. The summed E-state index contributed by atoms with van der Waals surface area (Å²) in [5.41, 5.74) is 5.92. The monoisotopic (exact) mass is 378 g/mol. The Morgan fingerprint density at radius 2 is 1.66 bits per heavy atom. The summed E-state index contributed by atoms with van der Waals surface area (Å²) in [5, 5.41) is 3.70. The van der Waals surface area contributed by atoms with Crippen molar-refractivity contribution in [1.82, 2.24) is 15.0 Å². The van der Waals surface area contributed by atoms with Crippen LogP contribution in [0.4, 0.5) is 5.95 Å². The number of benzene rings is 3. The predicted octanol–water partition coefficient (Wildman–Crippen LogP) is 5.34. The summed E-state index contributed by atoms with van der Waals surface area (Å²) >= 11 is 0. The highest BCUT2D eigenvalue weighted by Gasteiger charge is 2.15. The number of hydrogen-bond donors (Lipinski definition) is 2. The second-order valence-corrected chi connectivity index (χ2v) is 7.00. The van der Waals surface area contributed by atoms with E-state index in [0.29, 0.717) is 11.5 Å². The zero-order valence-electron chi connectivity index (χ0n) is 15.8. The van der Waals surface area contributed by atoms with E-state index < -0.39 is 0 Å². The Balaban J connectivity index is 1.59. The molecule has 2 N–H and O–H groups in total. The molecule has 0 saturated heterocycles. The molecule has 0 bridgehead atoms. The lowest BCUT2D eigenvalue weighted by Gasteiger charge is -2.10. The van der Waals surface area contributed by atoms with E-state index in [0.717, 1.165) is 38.8 Å². The Morgan fingerprint density at radius 3 is 2.48 bits per heavy atom. The zero-order valence-corrected chi connectivity index (χ0v) is 15.8. The molecule has 0 spiro atoms. The van der Waals surface area contributed by atoms with Crippen LogP contribution in [0.15, 0.2) is 78.9 Å². The normalized spacial score (nSPS) is 11.1. The van der Waals surface area contributed by atoms with Gasteiger partial charge in [0, 0.05) is 10.9 Å². The Bertz CT molecular complexity index is 1340. The number of pyridine rings is 1. The average molecular weight is 378 g/mol. The summed E-state index contributed by atoms with van der Waals surface area (Å²) in [6, 6.07) is 25.3. The molecule has 29 heavy (non-hydrogen) atoms. The van der Waals surface area contributed by atoms with Gasteiger partial charge in [0.05, 0.1) is 27.8 Å². The van der Waals surface area contributed by atoms with Crippen molar-refractivity contribution in [1.29, 1.82) is 0 Å². The number of hydrogen-bond acceptors (Lipinski definition) is 3. The summed E-state index contributed by atoms with van der Waals surface area (Å²) in [4.78, 5) is 25.5. The standard InChI is InChI=1S/C24H18N4O/c1-15-7-6-8-16(13-15)22-14-18(17-9-2-3-10-19(17)25-22)23(29)28-24-26-20-11-4-5-12-21(20)27-24/h2-14H,1H3,(H2,26,27,28,29). The number of anilines is 1. The fourth-order valence-corrected chi connectivity index (χ4v) is 3.50. The molecule has 5 aromatic rings. The fourth-order valence-electron chi connectivity index (χ4n) is 3.50. The molecular weight excluding hydrogens is 360 g/mol. The van der Waals surface area contributed by atoms with Crippen molar-refractivity contribution in [2.24, 2.45) is 0 Å². The van der Waals surface area contributed by atoms with Gasteiger partial charge in [0.15, 0.2) is 0 Å². The van der Waals surface area contributed by atoms with E-state index in [1.165, 1.54) is 0 Å². The molecule has 140 valence electrons. The molecule has 2 heterocycles. The maximum atomic E-state index is 13.2. The molecule has 5 heteroatoms. The molecule has 5 nitrogen and oxygen atoms in total. The van der Waals surface area contributed by atoms with E-state index in [-0.39, 0.29) is 5.91 Å². The summed E-state index contributed by atoms with van der Waals surface area (Å²) in [5.74, 6) is 0.200. The van der Waals surface area contributed by atoms with Gasteiger partial charge < -0.3 is 4.98 Å². The molecule has 5 rings (SSSR count). The molecule has 0 radical (unpaired) electrons. The van der Waals surface area contributed by atoms with Crippen molar-refractivity contribution in [3.8, 4) is 11.3 Å². The first kappa shape index (κ1) is 17.1. The number of nitrogens with one attached hydrogen (secondary N) is 2. The van der Waals surface area contributed by atoms with Crippen LogP contribution in [0.3, 0.4) is 0 Å². The minimum Gasteiger partial charge on any atom is -0.324 e. The van der Waals surface area contributed by atoms with Gasteiger partial charge in [0.2, 0.25) is 5.95 Å². The molecule has 0 saturated carbocycles. The van der Waals surface area contributed by atoms with E-state index in [9.17, 15) is 4.79 Å². The molecule has 3 aromatic carbocycles. The largest absolute Gasteiger partial charge is 0.324 e. The molecule has 0 aliphatic heterocycles. The van der Waals surface area contributed by atoms with Gasteiger partial charge in [-0.25, -0.2) is 9.97 Å². The first-order valence-corrected chi connectivity index (χ1v) is 9.40. The zero-order chi connectivity index (χ0) is 19.8. The molecule has 0 aliphatic carbocycles. The quantitative estimate of drug-likeness (QED) is 0.445. The Labute approximate surface area is 167 Å². The Hall–Kier alpha value is -3.99. The number of aromatic amines is 1. The van der Waals surface area contributed by atoms with Gasteiger partial charge in [-0.2, -0.15) is 0 Å². The van der Waals surface area contributed by atoms with E-state index in [2.05, 4.69) is 21.4 Å². The van der Waals surface area contributed by atoms with Gasteiger partial charge in [-0.1, -0.05) is 54.1 Å². The van der Waals surface area contributed by atoms with Crippen LogP contribution in [-0.4, -0.2) is 20.9 Å². The van der Waals surface area contributed by atoms with Gasteiger partial charge >= 0.3 is 0 Å². The number of carbonyl (C=O) groups is 1. The van der Waals surface area contributed by atoms with Gasteiger partial charge in [-0.05, 0) is 37.3 Å². The molecule has 2 aromatic heterocycles. The van der Waals surface area contributed by atoms with Gasteiger partial charge in [-0.15, -0.1) is 0 Å². The Morgan fingerprint density at radius 1 is 0.862 bits per heavy atom. The lowest BCUT2D eigenvalue weighted by Crippen LogP contribution is -2.14. The van der Waals surface area contributed by atoms with Crippen molar-refractivity contribution in [3.05, 3.63) is 90.0 Å². The van der Waals surface area contributed by atoms with E-state index in [1.807, 2.05) is 79.7 Å². The number of fused-ring (bicyclic) bond motifs is 2. The minimum absolute atomic E-state index is 0.225. The van der Waals surface area contributed by atoms with Gasteiger partial charge in [0.25, 0.3) is 5.91 Å². The lowest BCUT2D eigenvalue weighted by atomic mass is 10.0. The number of H-pyrrole nitrogens is 1. The fraction of sp³-hybridized carbons (Fsp3) is 0.0417. The van der Waals surface area contributed by atoms with Crippen LogP contribution < -0.4 is 5.32 Å². The van der Waals surface area contributed by atoms with Crippen molar-refractivity contribution in [2.75, 3.05) is 5.32 Å². The van der Waals surface area contributed by atoms with Gasteiger partial charge in [-0.3, -0.25) is 10.1 Å². The van der Waals surface area contributed by atoms with Crippen LogP contribution in [0.25, 0.3) is 33.2 Å². The molecule has 0 unspecified atom stereocenters. The van der Waals surface area contributed by atoms with E-state index in [1.54, 1.807) is 0 Å². The molecule has 0 fully saturated rings. The summed E-state index contributed by atoms with van der Waals surface area (Å²) in [6.45, 7) is 2.04. The van der Waals surface area contributed by atoms with Crippen molar-refractivity contribution < 1.29 is 4.79 Å². The number of carbonyl (C=O) groups excluding carboxylic acids is 1. The topological polar surface area (TPSA) is 70.7 Å². The average Bonchev–Trinajstić information content (AvgIpc) is 3.15. The van der Waals surface area contributed by atoms with Crippen LogP contribution in [0.2, 0.25) is 0 Å². The number of amides is 1. The number of nitrogens with zero attached hydrogens (tertiary/aromatic N) is 2. The smallest absolute Gasteiger partial charge is 0.258 e. The second-order valence-electron chi connectivity index (χ2n) is 7.00. The molecule has 0 atom stereocenters. The third-order valence-electron chi connectivity index (χ3n) is 4.90. The second kappa shape index (κ2) is 6.87. The van der Waals surface area contributed by atoms with Crippen LogP contribution in [0.1, 0.15) is 15.9 Å². The minimum atomic E-state index is -0.225. The summed E-state index contributed by atoms with van der Waals surface area (Å²) in [7, 11) is 0. The predicted molar refractivity (Wildman–Crippen MR) is 116 cm³/mol. The maximum Gasteiger partial charge on any atom is 0.258 e. The first-order valence-electron chi connectivity index (χ1n) is 9.40. The lowest BCUT2D eigenvalue weighted by molar-refractivity contribution is 0.102. The van der Waals surface area contributed by atoms with Crippen LogP contribution >= 0.6 is 0 Å². The van der Waals surface area contributed by atoms with Crippen molar-refractivity contribution in [2.45, 2.75) is 6.92 Å². The van der Waals surface area contributed by atoms with Crippen molar-refractivity contribution in [3.63, 3.8) is 0 Å². The van der Waals surface area contributed by atoms with E-state index in [4.69, 9.17) is 4.98 Å². The maximum absolute atomic E-state index is 13.2. The molecular formula is C24H18N4O. The number of aromatic nitrogens is 3. The number of para-hydroxylation sites is 3. The first-order chi connectivity index (χ1) is 14.2. The molecule has 0 aliphatic rings. The van der Waals surface area contributed by atoms with Gasteiger partial charge in [0.1, 0.15) is 0 Å². The SMILES string of the molecule is Cc1cccc(-c2cc(C(=O)Nc3nc4ccccc4[nH]3)c3ccccc3n2)c1. The highest BCUT2D eigenvalue weighted by Crippen LogP contribution is 2.26. The summed E-state index contributed by atoms with van der Waals surface area (Å²) in [6.07, 6.45) is 0. The van der Waals surface area contributed by atoms with Crippen LogP contribution in [0.5, 0.6) is 0 Å². The summed E-state index contributed by atoms with van der Waals surface area (Å²) < 4.78 is 0. The third-order valence-corrected chi connectivity index (χ3v) is 4.90. The number of imidazole rings is 1. The van der Waals surface area contributed by atoms with E-state index >= 15 is 0 Å². The Kier molecular flexibility index (Phi) is 4.06. The highest BCUT2D eigenvalue weighted by atomic mass is 16.1. The van der Waals surface area contributed by atoms with Crippen molar-refractivity contribution >= 4 is 33.8 Å². The number of aryl methyl sites for hydroxylation is 1. The molecule has 1 amide bonds. The highest BCUT2D eigenvalue weighted by molar-refractivity contribution is 6.12. The van der Waals surface area contributed by atoms with Crippen LogP contribution in [0, 0.1) is 6.92 Å². The number of rotatable bonds is 3.